The van der Waals surface area contributed by atoms with Crippen molar-refractivity contribution in [1.82, 2.24) is 15.3 Å². The second-order valence-corrected chi connectivity index (χ2v) is 6.06. The molecule has 4 nitrogen and oxygen atoms in total. The molecule has 1 aromatic carbocycles. The van der Waals surface area contributed by atoms with E-state index >= 15 is 0 Å². The molecule has 0 amide bonds. The van der Waals surface area contributed by atoms with E-state index in [0.29, 0.717) is 12.5 Å². The molecule has 0 spiro atoms. The van der Waals surface area contributed by atoms with Gasteiger partial charge in [-0.1, -0.05) is 38.1 Å². The molecule has 3 rings (SSSR count). The molecule has 2 aromatic rings. The Bertz CT molecular complexity index is 568. The van der Waals surface area contributed by atoms with E-state index in [1.165, 1.54) is 11.1 Å². The molecule has 1 atom stereocenters. The summed E-state index contributed by atoms with van der Waals surface area (Å²) in [5.74, 6) is 1.64. The molecule has 0 saturated carbocycles. The molecule has 0 aliphatic carbocycles. The Balaban J connectivity index is 1.73. The number of nitrogens with one attached hydrogen (secondary N) is 2. The summed E-state index contributed by atoms with van der Waals surface area (Å²) in [6.45, 7) is 6.83. The van der Waals surface area contributed by atoms with Crippen LogP contribution in [0.4, 0.5) is 0 Å². The zero-order valence-corrected chi connectivity index (χ0v) is 12.7. The molecule has 1 fully saturated rings. The van der Waals surface area contributed by atoms with Crippen LogP contribution >= 0.6 is 0 Å². The third kappa shape index (κ3) is 3.52. The normalized spacial score (nSPS) is 19.1. The number of benzene rings is 1. The van der Waals surface area contributed by atoms with Gasteiger partial charge in [0.05, 0.1) is 31.1 Å². The summed E-state index contributed by atoms with van der Waals surface area (Å²) < 4.78 is 5.48. The van der Waals surface area contributed by atoms with Crippen LogP contribution in [0.2, 0.25) is 0 Å². The molecule has 1 aliphatic heterocycles. The lowest BCUT2D eigenvalue weighted by Gasteiger charge is -2.21. The fourth-order valence-electron chi connectivity index (χ4n) is 2.69. The van der Waals surface area contributed by atoms with Crippen molar-refractivity contribution in [3.8, 4) is 11.3 Å². The molecular formula is C17H23N3O. The maximum Gasteiger partial charge on any atom is 0.126 e. The van der Waals surface area contributed by atoms with Crippen LogP contribution in [0.15, 0.2) is 30.5 Å². The molecule has 112 valence electrons. The fourth-order valence-corrected chi connectivity index (χ4v) is 2.69. The smallest absolute Gasteiger partial charge is 0.126 e. The lowest BCUT2D eigenvalue weighted by molar-refractivity contribution is 0.0745. The molecular weight excluding hydrogens is 262 g/mol. The van der Waals surface area contributed by atoms with Crippen LogP contribution in [0.3, 0.4) is 0 Å². The van der Waals surface area contributed by atoms with Gasteiger partial charge in [0.25, 0.3) is 0 Å². The van der Waals surface area contributed by atoms with Gasteiger partial charge in [0.2, 0.25) is 0 Å². The molecule has 2 N–H and O–H groups in total. The number of hydrogen-bond donors (Lipinski definition) is 2. The van der Waals surface area contributed by atoms with Crippen LogP contribution in [0.25, 0.3) is 11.3 Å². The lowest BCUT2D eigenvalue weighted by Crippen LogP contribution is -2.35. The maximum absolute atomic E-state index is 5.48. The minimum Gasteiger partial charge on any atom is -0.378 e. The first-order chi connectivity index (χ1) is 10.2. The van der Waals surface area contributed by atoms with Crippen molar-refractivity contribution < 1.29 is 4.74 Å². The highest BCUT2D eigenvalue weighted by molar-refractivity contribution is 5.58. The Kier molecular flexibility index (Phi) is 4.36. The van der Waals surface area contributed by atoms with E-state index in [-0.39, 0.29) is 6.04 Å². The second-order valence-electron chi connectivity index (χ2n) is 6.06. The van der Waals surface area contributed by atoms with Crippen LogP contribution in [0.5, 0.6) is 0 Å². The molecule has 4 heteroatoms. The maximum atomic E-state index is 5.48. The van der Waals surface area contributed by atoms with Gasteiger partial charge >= 0.3 is 0 Å². The molecule has 0 radical (unpaired) electrons. The van der Waals surface area contributed by atoms with Crippen LogP contribution in [0, 0.1) is 5.92 Å². The zero-order chi connectivity index (χ0) is 14.7. The molecule has 1 aliphatic rings. The standard InChI is InChI=1S/C17H23N3O/c1-12(2)9-13-3-5-14(6-4-13)15-10-19-17(20-15)16-11-21-8-7-18-16/h3-6,10,12,16,18H,7-9,11H2,1-2H3,(H,19,20). The van der Waals surface area contributed by atoms with Gasteiger partial charge in [-0.3, -0.25) is 0 Å². The van der Waals surface area contributed by atoms with Crippen molar-refractivity contribution in [1.29, 1.82) is 0 Å². The van der Waals surface area contributed by atoms with E-state index in [0.717, 1.165) is 31.1 Å². The Morgan fingerprint density at radius 3 is 2.76 bits per heavy atom. The Morgan fingerprint density at radius 1 is 1.29 bits per heavy atom. The lowest BCUT2D eigenvalue weighted by atomic mass is 10.0. The first-order valence-corrected chi connectivity index (χ1v) is 7.67. The van der Waals surface area contributed by atoms with E-state index in [1.54, 1.807) is 0 Å². The molecule has 0 bridgehead atoms. The van der Waals surface area contributed by atoms with Gasteiger partial charge in [-0.15, -0.1) is 0 Å². The van der Waals surface area contributed by atoms with Gasteiger partial charge in [0.1, 0.15) is 5.82 Å². The number of morpholine rings is 1. The average Bonchev–Trinajstić information content (AvgIpc) is 2.98. The highest BCUT2D eigenvalue weighted by atomic mass is 16.5. The van der Waals surface area contributed by atoms with E-state index in [2.05, 4.69) is 53.4 Å². The van der Waals surface area contributed by atoms with Gasteiger partial charge in [-0.2, -0.15) is 0 Å². The summed E-state index contributed by atoms with van der Waals surface area (Å²) >= 11 is 0. The number of nitrogens with zero attached hydrogens (tertiary/aromatic N) is 1. The van der Waals surface area contributed by atoms with E-state index in [9.17, 15) is 0 Å². The van der Waals surface area contributed by atoms with E-state index in [4.69, 9.17) is 4.74 Å². The first kappa shape index (κ1) is 14.3. The van der Waals surface area contributed by atoms with Crippen LogP contribution in [0.1, 0.15) is 31.3 Å². The molecule has 1 unspecified atom stereocenters. The summed E-state index contributed by atoms with van der Waals surface area (Å²) in [5.41, 5.74) is 3.63. The Morgan fingerprint density at radius 2 is 2.10 bits per heavy atom. The van der Waals surface area contributed by atoms with Gasteiger partial charge < -0.3 is 15.0 Å². The Labute approximate surface area is 125 Å². The van der Waals surface area contributed by atoms with Crippen molar-refractivity contribution in [3.63, 3.8) is 0 Å². The third-order valence-electron chi connectivity index (χ3n) is 3.76. The number of ether oxygens (including phenoxy) is 1. The molecule has 1 aromatic heterocycles. The zero-order valence-electron chi connectivity index (χ0n) is 12.7. The highest BCUT2D eigenvalue weighted by Gasteiger charge is 2.18. The van der Waals surface area contributed by atoms with Crippen molar-refractivity contribution in [2.75, 3.05) is 19.8 Å². The van der Waals surface area contributed by atoms with E-state index in [1.807, 2.05) is 6.20 Å². The number of aromatic amines is 1. The minimum absolute atomic E-state index is 0.174. The van der Waals surface area contributed by atoms with Crippen molar-refractivity contribution in [2.24, 2.45) is 5.92 Å². The Hall–Kier alpha value is -1.65. The van der Waals surface area contributed by atoms with Gasteiger partial charge in [-0.05, 0) is 23.5 Å². The number of hydrogen-bond acceptors (Lipinski definition) is 3. The van der Waals surface area contributed by atoms with Gasteiger partial charge in [0.15, 0.2) is 0 Å². The molecule has 1 saturated heterocycles. The molecule has 21 heavy (non-hydrogen) atoms. The SMILES string of the molecule is CC(C)Cc1ccc(-c2cnc(C3COCCN3)[nH]2)cc1. The van der Waals surface area contributed by atoms with Gasteiger partial charge in [-0.25, -0.2) is 4.98 Å². The summed E-state index contributed by atoms with van der Waals surface area (Å²) in [4.78, 5) is 7.89. The van der Waals surface area contributed by atoms with E-state index < -0.39 is 0 Å². The third-order valence-corrected chi connectivity index (χ3v) is 3.76. The quantitative estimate of drug-likeness (QED) is 0.908. The van der Waals surface area contributed by atoms with Crippen molar-refractivity contribution in [2.45, 2.75) is 26.3 Å². The molecule has 2 heterocycles. The fraction of sp³-hybridized carbons (Fsp3) is 0.471. The summed E-state index contributed by atoms with van der Waals surface area (Å²) in [7, 11) is 0. The van der Waals surface area contributed by atoms with Crippen molar-refractivity contribution >= 4 is 0 Å². The second kappa shape index (κ2) is 6.41. The minimum atomic E-state index is 0.174. The predicted octanol–water partition coefficient (Wildman–Crippen LogP) is 2.94. The average molecular weight is 285 g/mol. The summed E-state index contributed by atoms with van der Waals surface area (Å²) in [5, 5.41) is 3.41. The van der Waals surface area contributed by atoms with Gasteiger partial charge in [0, 0.05) is 6.54 Å². The highest BCUT2D eigenvalue weighted by Crippen LogP contribution is 2.21. The number of H-pyrrole nitrogens is 1. The topological polar surface area (TPSA) is 49.9 Å². The summed E-state index contributed by atoms with van der Waals surface area (Å²) in [6, 6.07) is 8.92. The largest absolute Gasteiger partial charge is 0.378 e. The van der Waals surface area contributed by atoms with Crippen molar-refractivity contribution in [3.05, 3.63) is 41.9 Å². The van der Waals surface area contributed by atoms with Crippen LogP contribution in [-0.4, -0.2) is 29.7 Å². The number of imidazole rings is 1. The number of aromatic nitrogens is 2. The number of rotatable bonds is 4. The van der Waals surface area contributed by atoms with Crippen LogP contribution < -0.4 is 5.32 Å². The van der Waals surface area contributed by atoms with Crippen LogP contribution in [-0.2, 0) is 11.2 Å². The first-order valence-electron chi connectivity index (χ1n) is 7.67. The summed E-state index contributed by atoms with van der Waals surface area (Å²) in [6.07, 6.45) is 3.03. The predicted molar refractivity (Wildman–Crippen MR) is 84.1 cm³/mol. The monoisotopic (exact) mass is 285 g/mol.